The van der Waals surface area contributed by atoms with Crippen molar-refractivity contribution in [2.45, 2.75) is 25.9 Å². The van der Waals surface area contributed by atoms with Gasteiger partial charge in [-0.3, -0.25) is 4.98 Å². The van der Waals surface area contributed by atoms with Crippen LogP contribution in [0, 0.1) is 0 Å². The number of pyridine rings is 1. The van der Waals surface area contributed by atoms with Crippen LogP contribution in [-0.4, -0.2) is 17.1 Å². The van der Waals surface area contributed by atoms with Gasteiger partial charge >= 0.3 is 0 Å². The summed E-state index contributed by atoms with van der Waals surface area (Å²) in [6.45, 7) is 4.02. The number of hydrogen-bond donors (Lipinski definition) is 2. The van der Waals surface area contributed by atoms with Crippen molar-refractivity contribution in [2.24, 2.45) is 5.73 Å². The topological polar surface area (TPSA) is 50.9 Å². The third kappa shape index (κ3) is 3.32. The number of nitrogens with zero attached hydrogens (tertiary/aromatic N) is 1. The molecule has 1 aromatic rings. The van der Waals surface area contributed by atoms with Crippen LogP contribution in [0.3, 0.4) is 0 Å². The normalized spacial score (nSPS) is 15.1. The molecule has 2 unspecified atom stereocenters. The number of hydrogen-bond acceptors (Lipinski definition) is 3. The van der Waals surface area contributed by atoms with Crippen LogP contribution in [0.5, 0.6) is 0 Å². The van der Waals surface area contributed by atoms with E-state index in [4.69, 9.17) is 5.73 Å². The van der Waals surface area contributed by atoms with Gasteiger partial charge in [0.25, 0.3) is 0 Å². The number of nitrogens with two attached hydrogens (primary N) is 1. The molecular weight excluding hydrogens is 230 g/mol. The molecule has 0 aliphatic heterocycles. The summed E-state index contributed by atoms with van der Waals surface area (Å²) in [5.41, 5.74) is 6.71. The number of anilines is 1. The lowest BCUT2D eigenvalue weighted by atomic mass is 10.2. The molecule has 0 radical (unpaired) electrons. The molecule has 0 aliphatic carbocycles. The van der Waals surface area contributed by atoms with Gasteiger partial charge in [-0.2, -0.15) is 0 Å². The molecule has 2 atom stereocenters. The minimum atomic E-state index is 0.124. The zero-order valence-corrected chi connectivity index (χ0v) is 9.38. The van der Waals surface area contributed by atoms with Gasteiger partial charge in [-0.15, -0.1) is 0 Å². The van der Waals surface area contributed by atoms with Crippen LogP contribution in [0.15, 0.2) is 22.9 Å². The lowest BCUT2D eigenvalue weighted by molar-refractivity contribution is 0.638. The smallest absolute Gasteiger partial charge is 0.0540 e. The molecule has 1 heterocycles. The highest BCUT2D eigenvalue weighted by Crippen LogP contribution is 2.14. The first kappa shape index (κ1) is 10.5. The average molecular weight is 244 g/mol. The molecule has 3 N–H and O–H groups in total. The summed E-state index contributed by atoms with van der Waals surface area (Å²) in [5.74, 6) is 0. The summed E-state index contributed by atoms with van der Waals surface area (Å²) >= 11 is 3.36. The fourth-order valence-electron chi connectivity index (χ4n) is 0.885. The van der Waals surface area contributed by atoms with E-state index >= 15 is 0 Å². The summed E-state index contributed by atoms with van der Waals surface area (Å²) in [7, 11) is 0. The lowest BCUT2D eigenvalue weighted by Crippen LogP contribution is -2.35. The van der Waals surface area contributed by atoms with E-state index in [-0.39, 0.29) is 12.1 Å². The lowest BCUT2D eigenvalue weighted by Gasteiger charge is -2.18. The second-order valence-electron chi connectivity index (χ2n) is 3.18. The summed E-state index contributed by atoms with van der Waals surface area (Å²) in [5, 5.41) is 3.26. The van der Waals surface area contributed by atoms with Crippen molar-refractivity contribution in [3.63, 3.8) is 0 Å². The van der Waals surface area contributed by atoms with Crippen molar-refractivity contribution in [2.75, 3.05) is 5.32 Å². The Morgan fingerprint density at radius 1 is 1.46 bits per heavy atom. The van der Waals surface area contributed by atoms with Crippen LogP contribution in [0.4, 0.5) is 5.69 Å². The Balaban J connectivity index is 2.64. The molecular formula is C9H14BrN3. The summed E-state index contributed by atoms with van der Waals surface area (Å²) in [6, 6.07) is 2.35. The van der Waals surface area contributed by atoms with Gasteiger partial charge in [0.1, 0.15) is 0 Å². The predicted octanol–water partition coefficient (Wildman–Crippen LogP) is 1.99. The second-order valence-corrected chi connectivity index (χ2v) is 4.10. The van der Waals surface area contributed by atoms with E-state index < -0.39 is 0 Å². The maximum absolute atomic E-state index is 5.73. The van der Waals surface area contributed by atoms with E-state index in [1.807, 2.05) is 19.9 Å². The Hall–Kier alpha value is -0.610. The SMILES string of the molecule is CC(N)C(C)Nc1cncc(Br)c1. The van der Waals surface area contributed by atoms with Gasteiger partial charge in [-0.05, 0) is 35.8 Å². The van der Waals surface area contributed by atoms with E-state index in [9.17, 15) is 0 Å². The van der Waals surface area contributed by atoms with Crippen LogP contribution in [0.2, 0.25) is 0 Å². The van der Waals surface area contributed by atoms with Crippen molar-refractivity contribution in [3.8, 4) is 0 Å². The van der Waals surface area contributed by atoms with Crippen molar-refractivity contribution in [1.82, 2.24) is 4.98 Å². The van der Waals surface area contributed by atoms with E-state index in [2.05, 4.69) is 26.2 Å². The van der Waals surface area contributed by atoms with Gasteiger partial charge in [0.2, 0.25) is 0 Å². The minimum absolute atomic E-state index is 0.124. The average Bonchev–Trinajstić information content (AvgIpc) is 2.04. The Kier molecular flexibility index (Phi) is 3.69. The quantitative estimate of drug-likeness (QED) is 0.854. The van der Waals surface area contributed by atoms with Gasteiger partial charge in [0.15, 0.2) is 0 Å². The third-order valence-electron chi connectivity index (χ3n) is 1.89. The Bertz CT molecular complexity index is 275. The molecule has 0 bridgehead atoms. The maximum atomic E-state index is 5.73. The van der Waals surface area contributed by atoms with Crippen molar-refractivity contribution in [3.05, 3.63) is 22.9 Å². The zero-order valence-electron chi connectivity index (χ0n) is 7.79. The molecule has 0 spiro atoms. The molecule has 0 amide bonds. The van der Waals surface area contributed by atoms with Crippen LogP contribution >= 0.6 is 15.9 Å². The van der Waals surface area contributed by atoms with E-state index in [1.165, 1.54) is 0 Å². The molecule has 1 rings (SSSR count). The fourth-order valence-corrected chi connectivity index (χ4v) is 1.25. The highest BCUT2D eigenvalue weighted by Gasteiger charge is 2.06. The van der Waals surface area contributed by atoms with Crippen molar-refractivity contribution >= 4 is 21.6 Å². The first-order chi connectivity index (χ1) is 6.09. The van der Waals surface area contributed by atoms with Crippen LogP contribution < -0.4 is 11.1 Å². The van der Waals surface area contributed by atoms with Crippen molar-refractivity contribution in [1.29, 1.82) is 0 Å². The van der Waals surface area contributed by atoms with Crippen molar-refractivity contribution < 1.29 is 0 Å². The number of nitrogens with one attached hydrogen (secondary N) is 1. The van der Waals surface area contributed by atoms with Gasteiger partial charge in [-0.25, -0.2) is 0 Å². The summed E-state index contributed by atoms with van der Waals surface area (Å²) < 4.78 is 0.967. The molecule has 0 aliphatic rings. The fraction of sp³-hybridized carbons (Fsp3) is 0.444. The van der Waals surface area contributed by atoms with E-state index in [0.717, 1.165) is 10.2 Å². The van der Waals surface area contributed by atoms with E-state index in [0.29, 0.717) is 0 Å². The molecule has 72 valence electrons. The molecule has 13 heavy (non-hydrogen) atoms. The molecule has 0 aromatic carbocycles. The predicted molar refractivity (Wildman–Crippen MR) is 58.7 cm³/mol. The molecule has 4 heteroatoms. The third-order valence-corrected chi connectivity index (χ3v) is 2.32. The standard InChI is InChI=1S/C9H14BrN3/c1-6(11)7(2)13-9-3-8(10)4-12-5-9/h3-7,13H,11H2,1-2H3. The molecule has 0 saturated heterocycles. The highest BCUT2D eigenvalue weighted by molar-refractivity contribution is 9.10. The van der Waals surface area contributed by atoms with Gasteiger partial charge < -0.3 is 11.1 Å². The number of halogens is 1. The Labute approximate surface area is 86.9 Å². The molecule has 0 fully saturated rings. The number of aromatic nitrogens is 1. The monoisotopic (exact) mass is 243 g/mol. The Morgan fingerprint density at radius 3 is 2.69 bits per heavy atom. The first-order valence-corrected chi connectivity index (χ1v) is 5.01. The van der Waals surface area contributed by atoms with Crippen LogP contribution in [0.25, 0.3) is 0 Å². The summed E-state index contributed by atoms with van der Waals surface area (Å²) in [6.07, 6.45) is 3.53. The van der Waals surface area contributed by atoms with Crippen LogP contribution in [-0.2, 0) is 0 Å². The Morgan fingerprint density at radius 2 is 2.15 bits per heavy atom. The van der Waals surface area contributed by atoms with Gasteiger partial charge in [0.05, 0.1) is 11.9 Å². The number of rotatable bonds is 3. The summed E-state index contributed by atoms with van der Waals surface area (Å²) in [4.78, 5) is 4.05. The molecule has 3 nitrogen and oxygen atoms in total. The minimum Gasteiger partial charge on any atom is -0.380 e. The van der Waals surface area contributed by atoms with Gasteiger partial charge in [0, 0.05) is 22.8 Å². The largest absolute Gasteiger partial charge is 0.380 e. The maximum Gasteiger partial charge on any atom is 0.0540 e. The van der Waals surface area contributed by atoms with Gasteiger partial charge in [-0.1, -0.05) is 0 Å². The second kappa shape index (κ2) is 4.58. The highest BCUT2D eigenvalue weighted by atomic mass is 79.9. The molecule has 0 saturated carbocycles. The molecule has 1 aromatic heterocycles. The zero-order chi connectivity index (χ0) is 9.84. The van der Waals surface area contributed by atoms with Crippen LogP contribution in [0.1, 0.15) is 13.8 Å². The first-order valence-electron chi connectivity index (χ1n) is 4.22. The van der Waals surface area contributed by atoms with E-state index in [1.54, 1.807) is 12.4 Å².